The van der Waals surface area contributed by atoms with E-state index in [4.69, 9.17) is 0 Å². The van der Waals surface area contributed by atoms with E-state index in [0.717, 1.165) is 6.42 Å². The zero-order valence-corrected chi connectivity index (χ0v) is 18.8. The van der Waals surface area contributed by atoms with Crippen LogP contribution in [-0.2, 0) is 6.42 Å². The van der Waals surface area contributed by atoms with Crippen LogP contribution in [0.4, 0.5) is 11.4 Å². The Hall–Kier alpha value is -3.52. The summed E-state index contributed by atoms with van der Waals surface area (Å²) >= 11 is 0. The first-order valence-corrected chi connectivity index (χ1v) is 11.5. The molecular weight excluding hydrogens is 388 g/mol. The summed E-state index contributed by atoms with van der Waals surface area (Å²) < 4.78 is 0. The van der Waals surface area contributed by atoms with E-state index in [1.807, 2.05) is 0 Å². The lowest BCUT2D eigenvalue weighted by Gasteiger charge is -2.42. The maximum absolute atomic E-state index is 3.92. The topological polar surface area (TPSA) is 24.1 Å². The third-order valence-electron chi connectivity index (χ3n) is 6.50. The molecule has 0 fully saturated rings. The van der Waals surface area contributed by atoms with Crippen molar-refractivity contribution in [3.05, 3.63) is 131 Å². The zero-order valence-electron chi connectivity index (χ0n) is 18.8. The minimum atomic E-state index is 0.171. The number of hydrogen-bond acceptors (Lipinski definition) is 2. The molecule has 2 heteroatoms. The Kier molecular flexibility index (Phi) is 5.68. The van der Waals surface area contributed by atoms with E-state index in [0.29, 0.717) is 0 Å². The highest BCUT2D eigenvalue weighted by atomic mass is 15.0. The Morgan fingerprint density at radius 2 is 1.44 bits per heavy atom. The smallest absolute Gasteiger partial charge is 0.0622 e. The van der Waals surface area contributed by atoms with Gasteiger partial charge in [0.1, 0.15) is 0 Å². The van der Waals surface area contributed by atoms with E-state index in [2.05, 4.69) is 128 Å². The summed E-state index contributed by atoms with van der Waals surface area (Å²) in [5.41, 5.74) is 9.00. The summed E-state index contributed by atoms with van der Waals surface area (Å²) in [5.74, 6) is 0.284. The minimum Gasteiger partial charge on any atom is -0.381 e. The Morgan fingerprint density at radius 3 is 2.19 bits per heavy atom. The average molecular weight is 419 g/mol. The lowest BCUT2D eigenvalue weighted by Crippen LogP contribution is -2.40. The van der Waals surface area contributed by atoms with Crippen molar-refractivity contribution in [1.82, 2.24) is 0 Å². The molecule has 4 aromatic carbocycles. The summed E-state index contributed by atoms with van der Waals surface area (Å²) in [4.78, 5) is 0. The summed E-state index contributed by atoms with van der Waals surface area (Å²) in [5, 5.41) is 7.84. The third kappa shape index (κ3) is 4.27. The highest BCUT2D eigenvalue weighted by molar-refractivity contribution is 5.63. The Morgan fingerprint density at radius 1 is 0.719 bits per heavy atom. The van der Waals surface area contributed by atoms with Crippen LogP contribution in [0, 0.1) is 13.8 Å². The molecular formula is C30H30N2. The van der Waals surface area contributed by atoms with Crippen LogP contribution < -0.4 is 10.6 Å². The standard InChI is InChI=1S/C30H30N2/c1-21-10-9-15-25(18-21)31-30-26-17-16-22(2)19-27(26)32-28(20-23-11-5-3-6-12-23)29(30)24-13-7-4-8-14-24/h3-19,28-32H,20H2,1-2H3/t28-,29-,30-/m1/s1. The molecule has 0 saturated heterocycles. The van der Waals surface area contributed by atoms with Crippen molar-refractivity contribution >= 4 is 11.4 Å². The van der Waals surface area contributed by atoms with Gasteiger partial charge in [0.05, 0.1) is 6.04 Å². The first-order chi connectivity index (χ1) is 15.7. The summed E-state index contributed by atoms with van der Waals surface area (Å²) in [6, 6.07) is 37.7. The lowest BCUT2D eigenvalue weighted by atomic mass is 9.76. The van der Waals surface area contributed by atoms with E-state index < -0.39 is 0 Å². The normalized spacial score (nSPS) is 19.6. The fourth-order valence-electron chi connectivity index (χ4n) is 5.01. The van der Waals surface area contributed by atoms with Crippen molar-refractivity contribution in [3.63, 3.8) is 0 Å². The molecule has 2 N–H and O–H groups in total. The average Bonchev–Trinajstić information content (AvgIpc) is 2.80. The Labute approximate surface area is 191 Å². The number of nitrogens with one attached hydrogen (secondary N) is 2. The van der Waals surface area contributed by atoms with Gasteiger partial charge >= 0.3 is 0 Å². The summed E-state index contributed by atoms with van der Waals surface area (Å²) in [6.45, 7) is 4.32. The highest BCUT2D eigenvalue weighted by Gasteiger charge is 2.37. The predicted molar refractivity (Wildman–Crippen MR) is 135 cm³/mol. The number of anilines is 2. The van der Waals surface area contributed by atoms with Gasteiger partial charge in [-0.05, 0) is 66.3 Å². The third-order valence-corrected chi connectivity index (χ3v) is 6.50. The molecule has 0 amide bonds. The molecule has 1 aliphatic rings. The van der Waals surface area contributed by atoms with Gasteiger partial charge in [0.2, 0.25) is 0 Å². The van der Waals surface area contributed by atoms with Gasteiger partial charge in [-0.15, -0.1) is 0 Å². The molecule has 32 heavy (non-hydrogen) atoms. The van der Waals surface area contributed by atoms with Gasteiger partial charge in [-0.1, -0.05) is 84.9 Å². The Bertz CT molecular complexity index is 1180. The maximum atomic E-state index is 3.92. The van der Waals surface area contributed by atoms with Gasteiger partial charge in [-0.25, -0.2) is 0 Å². The molecule has 0 unspecified atom stereocenters. The van der Waals surface area contributed by atoms with Crippen LogP contribution in [0.1, 0.15) is 39.8 Å². The molecule has 0 radical (unpaired) electrons. The van der Waals surface area contributed by atoms with Crippen LogP contribution in [0.15, 0.2) is 103 Å². The first-order valence-electron chi connectivity index (χ1n) is 11.5. The molecule has 0 aromatic heterocycles. The van der Waals surface area contributed by atoms with E-state index in [9.17, 15) is 0 Å². The number of hydrogen-bond donors (Lipinski definition) is 2. The number of rotatable bonds is 5. The lowest BCUT2D eigenvalue weighted by molar-refractivity contribution is 0.479. The molecule has 1 heterocycles. The molecule has 1 aliphatic heterocycles. The number of aryl methyl sites for hydroxylation is 2. The van der Waals surface area contributed by atoms with Crippen molar-refractivity contribution in [1.29, 1.82) is 0 Å². The van der Waals surface area contributed by atoms with Gasteiger partial charge in [-0.3, -0.25) is 0 Å². The van der Waals surface area contributed by atoms with E-state index in [1.54, 1.807) is 0 Å². The van der Waals surface area contributed by atoms with Crippen LogP contribution in [0.3, 0.4) is 0 Å². The van der Waals surface area contributed by atoms with Crippen LogP contribution in [0.2, 0.25) is 0 Å². The predicted octanol–water partition coefficient (Wildman–Crippen LogP) is 7.28. The SMILES string of the molecule is Cc1cccc(N[C@@H]2c3ccc(C)cc3N[C@H](Cc3ccccc3)[C@H]2c2ccccc2)c1. The van der Waals surface area contributed by atoms with Crippen molar-refractivity contribution in [2.75, 3.05) is 10.6 Å². The number of fused-ring (bicyclic) bond motifs is 1. The second kappa shape index (κ2) is 8.92. The van der Waals surface area contributed by atoms with Gasteiger partial charge in [0.15, 0.2) is 0 Å². The molecule has 0 aliphatic carbocycles. The maximum Gasteiger partial charge on any atom is 0.0622 e. The van der Waals surface area contributed by atoms with Crippen LogP contribution in [-0.4, -0.2) is 6.04 Å². The van der Waals surface area contributed by atoms with Crippen molar-refractivity contribution in [3.8, 4) is 0 Å². The van der Waals surface area contributed by atoms with Gasteiger partial charge in [0, 0.05) is 23.3 Å². The van der Waals surface area contributed by atoms with Crippen molar-refractivity contribution < 1.29 is 0 Å². The van der Waals surface area contributed by atoms with Gasteiger partial charge in [-0.2, -0.15) is 0 Å². The fourth-order valence-corrected chi connectivity index (χ4v) is 5.01. The molecule has 4 aromatic rings. The minimum absolute atomic E-state index is 0.171. The quantitative estimate of drug-likeness (QED) is 0.356. The molecule has 0 saturated carbocycles. The van der Waals surface area contributed by atoms with E-state index in [-0.39, 0.29) is 18.0 Å². The summed E-state index contributed by atoms with van der Waals surface area (Å²) in [6.07, 6.45) is 0.972. The van der Waals surface area contributed by atoms with Gasteiger partial charge in [0.25, 0.3) is 0 Å². The fraction of sp³-hybridized carbons (Fsp3) is 0.200. The van der Waals surface area contributed by atoms with Crippen LogP contribution in [0.5, 0.6) is 0 Å². The van der Waals surface area contributed by atoms with Crippen molar-refractivity contribution in [2.24, 2.45) is 0 Å². The largest absolute Gasteiger partial charge is 0.381 e. The van der Waals surface area contributed by atoms with Gasteiger partial charge < -0.3 is 10.6 Å². The Balaban J connectivity index is 1.62. The van der Waals surface area contributed by atoms with E-state index >= 15 is 0 Å². The monoisotopic (exact) mass is 418 g/mol. The molecule has 160 valence electrons. The zero-order chi connectivity index (χ0) is 21.9. The summed E-state index contributed by atoms with van der Waals surface area (Å²) in [7, 11) is 0. The molecule has 0 bridgehead atoms. The molecule has 2 nitrogen and oxygen atoms in total. The molecule has 3 atom stereocenters. The highest BCUT2D eigenvalue weighted by Crippen LogP contribution is 2.45. The van der Waals surface area contributed by atoms with Crippen molar-refractivity contribution in [2.45, 2.75) is 38.3 Å². The van der Waals surface area contributed by atoms with Crippen LogP contribution in [0.25, 0.3) is 0 Å². The second-order valence-corrected chi connectivity index (χ2v) is 8.96. The molecule has 0 spiro atoms. The number of benzene rings is 4. The molecule has 5 rings (SSSR count). The first kappa shape index (κ1) is 20.4. The van der Waals surface area contributed by atoms with E-state index in [1.165, 1.54) is 39.2 Å². The second-order valence-electron chi connectivity index (χ2n) is 8.96. The van der Waals surface area contributed by atoms with Crippen LogP contribution >= 0.6 is 0 Å².